The number of esters is 1. The Morgan fingerprint density at radius 1 is 0.478 bits per heavy atom. The summed E-state index contributed by atoms with van der Waals surface area (Å²) in [5.74, 6) is -0.350. The lowest BCUT2D eigenvalue weighted by Crippen LogP contribution is -2.37. The third-order valence-corrected chi connectivity index (χ3v) is 11.8. The molecule has 8 nitrogen and oxygen atoms in total. The Kier molecular flexibility index (Phi) is 47.5. The molecule has 0 radical (unpaired) electrons. The van der Waals surface area contributed by atoms with Crippen LogP contribution in [-0.4, -0.2) is 75.6 Å². The van der Waals surface area contributed by atoms with E-state index in [1.165, 1.54) is 83.5 Å². The molecule has 0 rings (SSSR count). The van der Waals surface area contributed by atoms with Crippen LogP contribution in [0.15, 0.2) is 109 Å². The molecule has 0 saturated carbocycles. The zero-order valence-electron chi connectivity index (χ0n) is 43.6. The summed E-state index contributed by atoms with van der Waals surface area (Å²) < 4.78 is 35.1. The number of quaternary nitrogens is 1. The molecule has 0 aliphatic heterocycles. The van der Waals surface area contributed by atoms with Gasteiger partial charge in [-0.15, -0.1) is 0 Å². The van der Waals surface area contributed by atoms with Crippen LogP contribution in [0, 0.1) is 0 Å². The number of likely N-dealkylation sites (N-methyl/N-ethyl adjacent to an activating group) is 1. The fraction of sp³-hybridized carbons (Fsp3) is 0.672. The minimum atomic E-state index is -4.30. The van der Waals surface area contributed by atoms with Crippen molar-refractivity contribution in [3.63, 3.8) is 0 Å². The average Bonchev–Trinajstić information content (AvgIpc) is 3.29. The summed E-state index contributed by atoms with van der Waals surface area (Å²) in [5.41, 5.74) is 0. The van der Waals surface area contributed by atoms with Crippen molar-refractivity contribution >= 4 is 13.8 Å². The SMILES string of the molecule is CC/C=C\C/C=C\C/C=C\C/C=C\C/C=C\C/C=C\C/C=C\CCCCCC(=O)OC(COCCCCCCCCCCCC/C=C\C/C=C\CCCCC)COP(=O)(O)OCC[N+](C)(C)C. The van der Waals surface area contributed by atoms with Crippen LogP contribution in [0.5, 0.6) is 0 Å². The van der Waals surface area contributed by atoms with Gasteiger partial charge in [-0.05, 0) is 103 Å². The number of rotatable bonds is 48. The number of hydrogen-bond acceptors (Lipinski definition) is 6. The number of phosphoric acid groups is 1. The average molecular weight is 955 g/mol. The largest absolute Gasteiger partial charge is 0.472 e. The van der Waals surface area contributed by atoms with Crippen molar-refractivity contribution in [3.8, 4) is 0 Å². The van der Waals surface area contributed by atoms with Crippen LogP contribution >= 0.6 is 7.82 Å². The number of unbranched alkanes of at least 4 members (excludes halogenated alkanes) is 16. The van der Waals surface area contributed by atoms with Crippen LogP contribution in [0.3, 0.4) is 0 Å². The highest BCUT2D eigenvalue weighted by molar-refractivity contribution is 7.47. The highest BCUT2D eigenvalue weighted by Crippen LogP contribution is 2.43. The van der Waals surface area contributed by atoms with E-state index in [1.807, 2.05) is 21.1 Å². The van der Waals surface area contributed by atoms with E-state index in [9.17, 15) is 14.3 Å². The Labute approximate surface area is 412 Å². The Hall–Kier alpha value is -2.84. The minimum absolute atomic E-state index is 0.0749. The van der Waals surface area contributed by atoms with Crippen molar-refractivity contribution in [2.45, 2.75) is 200 Å². The van der Waals surface area contributed by atoms with E-state index < -0.39 is 13.9 Å². The van der Waals surface area contributed by atoms with E-state index in [-0.39, 0.29) is 32.2 Å². The lowest BCUT2D eigenvalue weighted by molar-refractivity contribution is -0.870. The van der Waals surface area contributed by atoms with E-state index >= 15 is 0 Å². The number of phosphoric ester groups is 1. The molecule has 0 spiro atoms. The lowest BCUT2D eigenvalue weighted by atomic mass is 10.1. The predicted molar refractivity (Wildman–Crippen MR) is 288 cm³/mol. The molecule has 0 saturated heterocycles. The molecule has 0 aromatic heterocycles. The van der Waals surface area contributed by atoms with Crippen molar-refractivity contribution in [1.82, 2.24) is 0 Å². The van der Waals surface area contributed by atoms with Gasteiger partial charge >= 0.3 is 13.8 Å². The van der Waals surface area contributed by atoms with Gasteiger partial charge in [0, 0.05) is 13.0 Å². The molecule has 0 aromatic rings. The summed E-state index contributed by atoms with van der Waals surface area (Å²) in [5, 5.41) is 0. The Morgan fingerprint density at radius 3 is 1.30 bits per heavy atom. The van der Waals surface area contributed by atoms with Crippen LogP contribution in [0.4, 0.5) is 0 Å². The zero-order valence-corrected chi connectivity index (χ0v) is 44.5. The number of hydrogen-bond donors (Lipinski definition) is 1. The van der Waals surface area contributed by atoms with E-state index in [2.05, 4.69) is 123 Å². The molecule has 67 heavy (non-hydrogen) atoms. The summed E-state index contributed by atoms with van der Waals surface area (Å²) >= 11 is 0. The number of nitrogens with zero attached hydrogens (tertiary/aromatic N) is 1. The molecule has 2 unspecified atom stereocenters. The third-order valence-electron chi connectivity index (χ3n) is 10.8. The van der Waals surface area contributed by atoms with Crippen LogP contribution in [0.1, 0.15) is 194 Å². The van der Waals surface area contributed by atoms with Crippen molar-refractivity contribution in [2.24, 2.45) is 0 Å². The van der Waals surface area contributed by atoms with Crippen molar-refractivity contribution in [3.05, 3.63) is 109 Å². The molecule has 9 heteroatoms. The standard InChI is InChI=1S/C58H100NO7P/c1-6-8-10-12-14-16-18-20-22-24-26-28-29-30-31-32-33-35-37-39-41-43-45-47-49-51-58(60)66-57(56-65-67(61,62)64-54-52-59(3,4)5)55-63-53-50-48-46-44-42-40-38-36-34-27-25-23-21-19-17-15-13-11-9-7-2/h8,10,14-17,20-23,26,28,30-31,33,35,39,41,57H,6-7,9,11-13,18-19,24-25,27,29,32,34,36-38,40,42-56H2,1-5H3/p+1/b10-8-,16-14-,17-15-,22-20-,23-21-,28-26-,31-30-,35-33-,41-39-. The maximum absolute atomic E-state index is 12.8. The van der Waals surface area contributed by atoms with Gasteiger partial charge in [-0.25, -0.2) is 4.57 Å². The van der Waals surface area contributed by atoms with E-state index in [4.69, 9.17) is 18.5 Å². The first kappa shape index (κ1) is 64.2. The topological polar surface area (TPSA) is 91.3 Å². The molecule has 0 aliphatic carbocycles. The van der Waals surface area contributed by atoms with Gasteiger partial charge in [0.1, 0.15) is 19.3 Å². The Bertz CT molecular complexity index is 1430. The second kappa shape index (κ2) is 49.6. The highest BCUT2D eigenvalue weighted by Gasteiger charge is 2.26. The monoisotopic (exact) mass is 955 g/mol. The normalized spacial score (nSPS) is 14.4. The van der Waals surface area contributed by atoms with Gasteiger partial charge in [0.25, 0.3) is 0 Å². The lowest BCUT2D eigenvalue weighted by Gasteiger charge is -2.24. The van der Waals surface area contributed by atoms with Gasteiger partial charge in [0.15, 0.2) is 0 Å². The summed E-state index contributed by atoms with van der Waals surface area (Å²) in [6.07, 6.45) is 69.9. The second-order valence-corrected chi connectivity index (χ2v) is 20.0. The molecule has 0 aromatic carbocycles. The van der Waals surface area contributed by atoms with Crippen LogP contribution < -0.4 is 0 Å². The molecule has 384 valence electrons. The molecular formula is C58H101NO7P+. The van der Waals surface area contributed by atoms with E-state index in [1.54, 1.807) is 0 Å². The molecule has 2 atom stereocenters. The summed E-state index contributed by atoms with van der Waals surface area (Å²) in [6.45, 7) is 5.42. The highest BCUT2D eigenvalue weighted by atomic mass is 31.2. The maximum Gasteiger partial charge on any atom is 0.472 e. The van der Waals surface area contributed by atoms with Gasteiger partial charge < -0.3 is 18.9 Å². The van der Waals surface area contributed by atoms with E-state index in [0.717, 1.165) is 89.9 Å². The van der Waals surface area contributed by atoms with Crippen molar-refractivity contribution < 1.29 is 37.3 Å². The number of ether oxygens (including phenoxy) is 2. The summed E-state index contributed by atoms with van der Waals surface area (Å²) in [7, 11) is 1.63. The molecule has 0 bridgehead atoms. The van der Waals surface area contributed by atoms with Gasteiger partial charge in [-0.1, -0.05) is 194 Å². The molecule has 0 aliphatic rings. The minimum Gasteiger partial charge on any atom is -0.457 e. The second-order valence-electron chi connectivity index (χ2n) is 18.5. The van der Waals surface area contributed by atoms with Gasteiger partial charge in [-0.2, -0.15) is 0 Å². The number of carbonyl (C=O) groups is 1. The molecule has 1 N–H and O–H groups in total. The molecule has 0 heterocycles. The number of allylic oxidation sites excluding steroid dienone is 18. The smallest absolute Gasteiger partial charge is 0.457 e. The van der Waals surface area contributed by atoms with Gasteiger partial charge in [0.05, 0.1) is 34.4 Å². The summed E-state index contributed by atoms with van der Waals surface area (Å²) in [6, 6.07) is 0. The molecular weight excluding hydrogens is 854 g/mol. The number of carbonyl (C=O) groups excluding carboxylic acids is 1. The molecule has 0 fully saturated rings. The Balaban J connectivity index is 4.25. The first-order chi connectivity index (χ1) is 32.6. The van der Waals surface area contributed by atoms with Gasteiger partial charge in [-0.3, -0.25) is 13.8 Å². The first-order valence-corrected chi connectivity index (χ1v) is 28.1. The first-order valence-electron chi connectivity index (χ1n) is 26.6. The zero-order chi connectivity index (χ0) is 49.0. The predicted octanol–water partition coefficient (Wildman–Crippen LogP) is 16.7. The van der Waals surface area contributed by atoms with Crippen molar-refractivity contribution in [2.75, 3.05) is 54.1 Å². The fourth-order valence-corrected chi connectivity index (χ4v) is 7.48. The van der Waals surface area contributed by atoms with Gasteiger partial charge in [0.2, 0.25) is 0 Å². The van der Waals surface area contributed by atoms with Crippen LogP contribution in [0.2, 0.25) is 0 Å². The van der Waals surface area contributed by atoms with Crippen molar-refractivity contribution in [1.29, 1.82) is 0 Å². The van der Waals surface area contributed by atoms with E-state index in [0.29, 0.717) is 17.6 Å². The summed E-state index contributed by atoms with van der Waals surface area (Å²) in [4.78, 5) is 23.0. The quantitative estimate of drug-likeness (QED) is 0.0214. The van der Waals surface area contributed by atoms with Crippen LogP contribution in [0.25, 0.3) is 0 Å². The maximum atomic E-state index is 12.8. The Morgan fingerprint density at radius 2 is 0.866 bits per heavy atom. The van der Waals surface area contributed by atoms with Crippen LogP contribution in [-0.2, 0) is 27.9 Å². The molecule has 0 amide bonds. The third kappa shape index (κ3) is 54.0. The fourth-order valence-electron chi connectivity index (χ4n) is 6.74.